The van der Waals surface area contributed by atoms with Gasteiger partial charge in [0, 0.05) is 0 Å². The predicted molar refractivity (Wildman–Crippen MR) is 37.9 cm³/mol. The lowest BCUT2D eigenvalue weighted by molar-refractivity contribution is 0.594. The fraction of sp³-hybridized carbons (Fsp3) is 0.600. The van der Waals surface area contributed by atoms with E-state index in [1.54, 1.807) is 13.8 Å². The van der Waals surface area contributed by atoms with Gasteiger partial charge in [0.2, 0.25) is 0 Å². The predicted octanol–water partition coefficient (Wildman–Crippen LogP) is -1.23. The molecule has 0 atom stereocenters. The van der Waals surface area contributed by atoms with E-state index in [0.29, 0.717) is 5.70 Å². The quantitative estimate of drug-likeness (QED) is 0.356. The Morgan fingerprint density at radius 2 is 1.44 bits per heavy atom. The molecule has 0 aromatic heterocycles. The van der Waals surface area contributed by atoms with Crippen LogP contribution < -0.4 is 22.9 Å². The van der Waals surface area contributed by atoms with Gasteiger partial charge in [0.1, 0.15) is 5.82 Å². The van der Waals surface area contributed by atoms with Crippen molar-refractivity contribution in [2.24, 2.45) is 22.9 Å². The van der Waals surface area contributed by atoms with E-state index < -0.39 is 5.54 Å². The Morgan fingerprint density at radius 1 is 1.11 bits per heavy atom. The zero-order chi connectivity index (χ0) is 7.65. The fourth-order valence-electron chi connectivity index (χ4n) is 0.372. The van der Waals surface area contributed by atoms with Crippen molar-refractivity contribution in [2.45, 2.75) is 19.4 Å². The highest BCUT2D eigenvalue weighted by Gasteiger charge is 2.15. The van der Waals surface area contributed by atoms with Crippen molar-refractivity contribution in [2.75, 3.05) is 0 Å². The van der Waals surface area contributed by atoms with Crippen LogP contribution in [0.5, 0.6) is 0 Å². The van der Waals surface area contributed by atoms with Crippen molar-refractivity contribution in [1.29, 1.82) is 0 Å². The van der Waals surface area contributed by atoms with Crippen molar-refractivity contribution in [3.8, 4) is 0 Å². The Labute approximate surface area is 54.9 Å². The van der Waals surface area contributed by atoms with Crippen LogP contribution in [0.2, 0.25) is 0 Å². The molecule has 4 heteroatoms. The lowest BCUT2D eigenvalue weighted by atomic mass is 10.0. The van der Waals surface area contributed by atoms with Crippen molar-refractivity contribution >= 4 is 0 Å². The Balaban J connectivity index is 4.40. The van der Waals surface area contributed by atoms with Gasteiger partial charge >= 0.3 is 0 Å². The molecule has 0 unspecified atom stereocenters. The van der Waals surface area contributed by atoms with Gasteiger partial charge in [-0.05, 0) is 13.8 Å². The number of hydrogen-bond acceptors (Lipinski definition) is 4. The van der Waals surface area contributed by atoms with E-state index >= 15 is 0 Å². The summed E-state index contributed by atoms with van der Waals surface area (Å²) in [5.41, 5.74) is 21.0. The van der Waals surface area contributed by atoms with Crippen LogP contribution >= 0.6 is 0 Å². The Morgan fingerprint density at radius 3 is 1.44 bits per heavy atom. The summed E-state index contributed by atoms with van der Waals surface area (Å²) >= 11 is 0. The van der Waals surface area contributed by atoms with E-state index in [1.807, 2.05) is 0 Å². The highest BCUT2D eigenvalue weighted by Crippen LogP contribution is 2.05. The molecule has 54 valence electrons. The monoisotopic (exact) mass is 130 g/mol. The summed E-state index contributed by atoms with van der Waals surface area (Å²) in [6.45, 7) is 3.48. The average Bonchev–Trinajstić information content (AvgIpc) is 1.62. The molecule has 8 N–H and O–H groups in total. The largest absolute Gasteiger partial charge is 0.398 e. The Bertz CT molecular complexity index is 126. The first kappa shape index (κ1) is 8.10. The maximum absolute atomic E-state index is 5.54. The van der Waals surface area contributed by atoms with E-state index in [2.05, 4.69) is 0 Å². The van der Waals surface area contributed by atoms with Crippen molar-refractivity contribution in [3.05, 3.63) is 11.5 Å². The molecule has 0 rings (SSSR count). The molecule has 0 aliphatic carbocycles. The van der Waals surface area contributed by atoms with Crippen LogP contribution in [0.3, 0.4) is 0 Å². The van der Waals surface area contributed by atoms with Gasteiger partial charge in [0.25, 0.3) is 0 Å². The zero-order valence-corrected chi connectivity index (χ0v) is 5.81. The van der Waals surface area contributed by atoms with Crippen LogP contribution in [0.1, 0.15) is 13.8 Å². The maximum atomic E-state index is 5.54. The second-order valence-electron chi connectivity index (χ2n) is 2.59. The van der Waals surface area contributed by atoms with Gasteiger partial charge in [-0.25, -0.2) is 0 Å². The molecule has 4 nitrogen and oxygen atoms in total. The smallest absolute Gasteiger partial charge is 0.115 e. The van der Waals surface area contributed by atoms with E-state index in [9.17, 15) is 0 Å². The minimum absolute atomic E-state index is 0.0995. The summed E-state index contributed by atoms with van der Waals surface area (Å²) in [4.78, 5) is 0. The normalized spacial score (nSPS) is 11.0. The molecule has 0 spiro atoms. The SMILES string of the molecule is CC(C)(N)C(N)=C(N)N. The molecule has 0 saturated carbocycles. The van der Waals surface area contributed by atoms with E-state index in [4.69, 9.17) is 22.9 Å². The summed E-state index contributed by atoms with van der Waals surface area (Å²) in [5, 5.41) is 0. The van der Waals surface area contributed by atoms with Crippen LogP contribution in [0.4, 0.5) is 0 Å². The van der Waals surface area contributed by atoms with Gasteiger partial charge in [-0.3, -0.25) is 0 Å². The molecule has 0 aliphatic heterocycles. The van der Waals surface area contributed by atoms with Gasteiger partial charge in [-0.15, -0.1) is 0 Å². The van der Waals surface area contributed by atoms with Crippen LogP contribution in [0.15, 0.2) is 11.5 Å². The second kappa shape index (κ2) is 2.14. The van der Waals surface area contributed by atoms with Gasteiger partial charge in [0.15, 0.2) is 0 Å². The van der Waals surface area contributed by atoms with Crippen LogP contribution in [-0.4, -0.2) is 5.54 Å². The molecule has 0 aromatic carbocycles. The van der Waals surface area contributed by atoms with Gasteiger partial charge in [-0.2, -0.15) is 0 Å². The van der Waals surface area contributed by atoms with Crippen LogP contribution in [0, 0.1) is 0 Å². The minimum Gasteiger partial charge on any atom is -0.398 e. The summed E-state index contributed by atoms with van der Waals surface area (Å²) in [6, 6.07) is 0. The molecule has 0 radical (unpaired) electrons. The van der Waals surface area contributed by atoms with Gasteiger partial charge < -0.3 is 22.9 Å². The summed E-state index contributed by atoms with van der Waals surface area (Å²) in [7, 11) is 0. The highest BCUT2D eigenvalue weighted by molar-refractivity contribution is 5.15. The van der Waals surface area contributed by atoms with Crippen molar-refractivity contribution < 1.29 is 0 Å². The Hall–Kier alpha value is -0.900. The Kier molecular flexibility index (Phi) is 1.93. The molecule has 0 bridgehead atoms. The average molecular weight is 130 g/mol. The van der Waals surface area contributed by atoms with Crippen molar-refractivity contribution in [3.63, 3.8) is 0 Å². The molecule has 0 saturated heterocycles. The van der Waals surface area contributed by atoms with E-state index in [0.717, 1.165) is 0 Å². The van der Waals surface area contributed by atoms with Crippen LogP contribution in [-0.2, 0) is 0 Å². The summed E-state index contributed by atoms with van der Waals surface area (Å²) < 4.78 is 0. The summed E-state index contributed by atoms with van der Waals surface area (Å²) in [6.07, 6.45) is 0. The molecule has 0 aliphatic rings. The third-order valence-electron chi connectivity index (χ3n) is 1.01. The molecule has 0 aromatic rings. The molecule has 0 heterocycles. The topological polar surface area (TPSA) is 104 Å². The number of rotatable bonds is 1. The van der Waals surface area contributed by atoms with E-state index in [1.165, 1.54) is 0 Å². The highest BCUT2D eigenvalue weighted by atomic mass is 14.9. The molecule has 0 fully saturated rings. The first-order valence-corrected chi connectivity index (χ1v) is 2.65. The minimum atomic E-state index is -0.612. The zero-order valence-electron chi connectivity index (χ0n) is 5.81. The third-order valence-corrected chi connectivity index (χ3v) is 1.01. The molecular formula is C5H14N4. The number of nitrogens with two attached hydrogens (primary N) is 4. The first-order valence-electron chi connectivity index (χ1n) is 2.65. The molecular weight excluding hydrogens is 116 g/mol. The second-order valence-corrected chi connectivity index (χ2v) is 2.59. The molecule has 9 heavy (non-hydrogen) atoms. The standard InChI is InChI=1S/C5H14N4/c1-5(2,9)3(6)4(7)8/h6-9H2,1-2H3. The maximum Gasteiger partial charge on any atom is 0.115 e. The molecule has 0 amide bonds. The lowest BCUT2D eigenvalue weighted by Gasteiger charge is -2.19. The van der Waals surface area contributed by atoms with E-state index in [-0.39, 0.29) is 5.82 Å². The van der Waals surface area contributed by atoms with Crippen molar-refractivity contribution in [1.82, 2.24) is 0 Å². The first-order chi connectivity index (χ1) is 3.85. The van der Waals surface area contributed by atoms with Crippen LogP contribution in [0.25, 0.3) is 0 Å². The summed E-state index contributed by atoms with van der Waals surface area (Å²) in [5.74, 6) is 0.0995. The lowest BCUT2D eigenvalue weighted by Crippen LogP contribution is -2.41. The fourth-order valence-corrected chi connectivity index (χ4v) is 0.372. The van der Waals surface area contributed by atoms with Gasteiger partial charge in [0.05, 0.1) is 11.2 Å². The third kappa shape index (κ3) is 2.23. The number of hydrogen-bond donors (Lipinski definition) is 4. The van der Waals surface area contributed by atoms with Gasteiger partial charge in [-0.1, -0.05) is 0 Å².